The van der Waals surface area contributed by atoms with Gasteiger partial charge in [0.2, 0.25) is 5.91 Å². The van der Waals surface area contributed by atoms with Gasteiger partial charge < -0.3 is 15.1 Å². The SMILES string of the molecule is O=C(CO)N1CCN(CC(O)c2cc(F)ccc2F)CC1. The van der Waals surface area contributed by atoms with Gasteiger partial charge in [0.25, 0.3) is 0 Å². The number of halogens is 2. The van der Waals surface area contributed by atoms with Gasteiger partial charge in [-0.2, -0.15) is 0 Å². The van der Waals surface area contributed by atoms with Crippen LogP contribution in [-0.4, -0.2) is 65.3 Å². The Morgan fingerprint density at radius 1 is 1.24 bits per heavy atom. The van der Waals surface area contributed by atoms with Crippen molar-refractivity contribution >= 4 is 5.91 Å². The van der Waals surface area contributed by atoms with Crippen molar-refractivity contribution in [3.63, 3.8) is 0 Å². The highest BCUT2D eigenvalue weighted by atomic mass is 19.1. The molecule has 5 nitrogen and oxygen atoms in total. The van der Waals surface area contributed by atoms with Crippen LogP contribution in [0.15, 0.2) is 18.2 Å². The topological polar surface area (TPSA) is 64.0 Å². The molecule has 21 heavy (non-hydrogen) atoms. The molecule has 0 aromatic heterocycles. The number of hydrogen-bond acceptors (Lipinski definition) is 4. The average molecular weight is 300 g/mol. The van der Waals surface area contributed by atoms with Gasteiger partial charge in [-0.1, -0.05) is 0 Å². The van der Waals surface area contributed by atoms with Crippen molar-refractivity contribution in [3.8, 4) is 0 Å². The summed E-state index contributed by atoms with van der Waals surface area (Å²) < 4.78 is 26.7. The number of rotatable bonds is 4. The fourth-order valence-electron chi connectivity index (χ4n) is 2.39. The molecule has 1 aromatic rings. The van der Waals surface area contributed by atoms with E-state index in [-0.39, 0.29) is 18.0 Å². The van der Waals surface area contributed by atoms with Crippen LogP contribution in [0.3, 0.4) is 0 Å². The summed E-state index contributed by atoms with van der Waals surface area (Å²) in [5, 5.41) is 18.8. The molecule has 0 saturated carbocycles. The van der Waals surface area contributed by atoms with Gasteiger partial charge in [0.1, 0.15) is 18.2 Å². The fraction of sp³-hybridized carbons (Fsp3) is 0.500. The second kappa shape index (κ2) is 6.93. The Morgan fingerprint density at radius 3 is 2.52 bits per heavy atom. The Morgan fingerprint density at radius 2 is 1.90 bits per heavy atom. The number of β-amino-alcohol motifs (C(OH)–C–C–N with tert-alkyl or cyclic N) is 1. The first-order chi connectivity index (χ1) is 10.0. The summed E-state index contributed by atoms with van der Waals surface area (Å²) in [6.07, 6.45) is -1.12. The molecule has 116 valence electrons. The maximum atomic E-state index is 13.6. The minimum absolute atomic E-state index is 0.0659. The van der Waals surface area contributed by atoms with Gasteiger partial charge >= 0.3 is 0 Å². The van der Waals surface area contributed by atoms with E-state index in [9.17, 15) is 18.7 Å². The highest BCUT2D eigenvalue weighted by Gasteiger charge is 2.23. The monoisotopic (exact) mass is 300 g/mol. The molecule has 2 rings (SSSR count). The fourth-order valence-corrected chi connectivity index (χ4v) is 2.39. The number of carbonyl (C=O) groups excluding carboxylic acids is 1. The number of aliphatic hydroxyl groups is 2. The van der Waals surface area contributed by atoms with Crippen molar-refractivity contribution in [2.45, 2.75) is 6.10 Å². The molecular weight excluding hydrogens is 282 g/mol. The molecule has 1 amide bonds. The summed E-state index contributed by atoms with van der Waals surface area (Å²) in [4.78, 5) is 14.7. The van der Waals surface area contributed by atoms with E-state index in [1.165, 1.54) is 4.90 Å². The lowest BCUT2D eigenvalue weighted by molar-refractivity contribution is -0.136. The molecule has 0 radical (unpaired) electrons. The van der Waals surface area contributed by atoms with Gasteiger partial charge in [-0.15, -0.1) is 0 Å². The minimum Gasteiger partial charge on any atom is -0.387 e. The number of nitrogens with zero attached hydrogens (tertiary/aromatic N) is 2. The standard InChI is InChI=1S/C14H18F2N2O3/c15-10-1-2-12(16)11(7-10)13(20)8-17-3-5-18(6-4-17)14(21)9-19/h1-2,7,13,19-20H,3-6,8-9H2. The minimum atomic E-state index is -1.12. The van der Waals surface area contributed by atoms with Crippen LogP contribution in [0, 0.1) is 11.6 Å². The molecule has 2 N–H and O–H groups in total. The quantitative estimate of drug-likeness (QED) is 0.830. The zero-order chi connectivity index (χ0) is 15.4. The first-order valence-corrected chi connectivity index (χ1v) is 6.75. The predicted octanol–water partition coefficient (Wildman–Crippen LogP) is 0.135. The molecule has 7 heteroatoms. The van der Waals surface area contributed by atoms with E-state index in [1.54, 1.807) is 0 Å². The van der Waals surface area contributed by atoms with Gasteiger partial charge in [-0.3, -0.25) is 9.69 Å². The molecule has 1 saturated heterocycles. The van der Waals surface area contributed by atoms with Crippen LogP contribution in [0.25, 0.3) is 0 Å². The molecule has 1 aliphatic rings. The van der Waals surface area contributed by atoms with E-state index in [1.807, 2.05) is 4.90 Å². The van der Waals surface area contributed by atoms with Gasteiger partial charge in [-0.25, -0.2) is 8.78 Å². The normalized spacial score (nSPS) is 17.8. The van der Waals surface area contributed by atoms with Gasteiger partial charge in [-0.05, 0) is 18.2 Å². The van der Waals surface area contributed by atoms with Crippen molar-refractivity contribution in [2.75, 3.05) is 39.3 Å². The lowest BCUT2D eigenvalue weighted by Crippen LogP contribution is -2.50. The zero-order valence-electron chi connectivity index (χ0n) is 11.5. The maximum absolute atomic E-state index is 13.6. The smallest absolute Gasteiger partial charge is 0.248 e. The number of aliphatic hydroxyl groups excluding tert-OH is 2. The van der Waals surface area contributed by atoms with Crippen LogP contribution in [-0.2, 0) is 4.79 Å². The van der Waals surface area contributed by atoms with Crippen LogP contribution >= 0.6 is 0 Å². The molecule has 1 unspecified atom stereocenters. The van der Waals surface area contributed by atoms with Gasteiger partial charge in [0.05, 0.1) is 6.10 Å². The molecule has 0 aliphatic carbocycles. The molecule has 1 heterocycles. The Kier molecular flexibility index (Phi) is 5.22. The van der Waals surface area contributed by atoms with Crippen LogP contribution in [0.4, 0.5) is 8.78 Å². The second-order valence-electron chi connectivity index (χ2n) is 5.02. The number of hydrogen-bond donors (Lipinski definition) is 2. The largest absolute Gasteiger partial charge is 0.387 e. The van der Waals surface area contributed by atoms with Crippen molar-refractivity contribution in [1.82, 2.24) is 9.80 Å². The van der Waals surface area contributed by atoms with Gasteiger partial charge in [0.15, 0.2) is 0 Å². The first-order valence-electron chi connectivity index (χ1n) is 6.75. The second-order valence-corrected chi connectivity index (χ2v) is 5.02. The van der Waals surface area contributed by atoms with E-state index >= 15 is 0 Å². The molecule has 0 spiro atoms. The first kappa shape index (κ1) is 15.8. The average Bonchev–Trinajstić information content (AvgIpc) is 2.49. The van der Waals surface area contributed by atoms with E-state index in [2.05, 4.69) is 0 Å². The summed E-state index contributed by atoms with van der Waals surface area (Å²) >= 11 is 0. The number of amides is 1. The number of piperazine rings is 1. The van der Waals surface area contributed by atoms with Crippen molar-refractivity contribution in [2.24, 2.45) is 0 Å². The van der Waals surface area contributed by atoms with Crippen molar-refractivity contribution in [3.05, 3.63) is 35.4 Å². The van der Waals surface area contributed by atoms with Crippen LogP contribution < -0.4 is 0 Å². The van der Waals surface area contributed by atoms with Crippen LogP contribution in [0.5, 0.6) is 0 Å². The molecule has 1 fully saturated rings. The van der Waals surface area contributed by atoms with Crippen LogP contribution in [0.1, 0.15) is 11.7 Å². The highest BCUT2D eigenvalue weighted by Crippen LogP contribution is 2.20. The van der Waals surface area contributed by atoms with Crippen LogP contribution in [0.2, 0.25) is 0 Å². The van der Waals surface area contributed by atoms with E-state index in [4.69, 9.17) is 5.11 Å². The predicted molar refractivity (Wildman–Crippen MR) is 71.4 cm³/mol. The van der Waals surface area contributed by atoms with Gasteiger partial charge in [0, 0.05) is 38.3 Å². The zero-order valence-corrected chi connectivity index (χ0v) is 11.5. The summed E-state index contributed by atoms with van der Waals surface area (Å²) in [6.45, 7) is 1.56. The molecular formula is C14H18F2N2O3. The summed E-state index contributed by atoms with van der Waals surface area (Å²) in [7, 11) is 0. The Balaban J connectivity index is 1.91. The Hall–Kier alpha value is -1.57. The highest BCUT2D eigenvalue weighted by molar-refractivity contribution is 5.77. The third-order valence-electron chi connectivity index (χ3n) is 3.61. The van der Waals surface area contributed by atoms with Crippen molar-refractivity contribution < 1.29 is 23.8 Å². The molecule has 1 aromatic carbocycles. The van der Waals surface area contributed by atoms with E-state index in [0.717, 1.165) is 18.2 Å². The molecule has 1 aliphatic heterocycles. The third kappa shape index (κ3) is 3.96. The Labute approximate surface area is 121 Å². The van der Waals surface area contributed by atoms with Crippen molar-refractivity contribution in [1.29, 1.82) is 0 Å². The summed E-state index contributed by atoms with van der Waals surface area (Å²) in [5.74, 6) is -1.56. The Bertz CT molecular complexity index is 505. The maximum Gasteiger partial charge on any atom is 0.248 e. The lowest BCUT2D eigenvalue weighted by atomic mass is 10.1. The third-order valence-corrected chi connectivity index (χ3v) is 3.61. The van der Waals surface area contributed by atoms with E-state index < -0.39 is 24.3 Å². The molecule has 1 atom stereocenters. The van der Waals surface area contributed by atoms with E-state index in [0.29, 0.717) is 26.2 Å². The molecule has 0 bridgehead atoms. The number of carbonyl (C=O) groups is 1. The summed E-state index contributed by atoms with van der Waals surface area (Å²) in [5.41, 5.74) is -0.0659. The lowest BCUT2D eigenvalue weighted by Gasteiger charge is -2.35. The summed E-state index contributed by atoms with van der Waals surface area (Å²) in [6, 6.07) is 2.99. The number of benzene rings is 1.